The number of benzene rings is 2. The summed E-state index contributed by atoms with van der Waals surface area (Å²) in [5, 5.41) is 2.74. The van der Waals surface area contributed by atoms with E-state index < -0.39 is 29.1 Å². The Hall–Kier alpha value is -1.95. The first kappa shape index (κ1) is 14.5. The van der Waals surface area contributed by atoms with E-state index in [1.807, 2.05) is 0 Å². The molecule has 0 bridgehead atoms. The second-order valence-corrected chi connectivity index (χ2v) is 4.95. The van der Waals surface area contributed by atoms with E-state index >= 15 is 0 Å². The van der Waals surface area contributed by atoms with Crippen LogP contribution in [-0.2, 0) is 4.79 Å². The molecular formula is C14H11BrF2N2O. The van der Waals surface area contributed by atoms with Gasteiger partial charge in [-0.15, -0.1) is 0 Å². The average molecular weight is 341 g/mol. The molecule has 20 heavy (non-hydrogen) atoms. The zero-order valence-corrected chi connectivity index (χ0v) is 11.8. The topological polar surface area (TPSA) is 55.1 Å². The van der Waals surface area contributed by atoms with Gasteiger partial charge in [0.1, 0.15) is 17.7 Å². The van der Waals surface area contributed by atoms with E-state index in [1.165, 1.54) is 6.07 Å². The maximum absolute atomic E-state index is 13.8. The number of hydrogen-bond donors (Lipinski definition) is 2. The Morgan fingerprint density at radius 2 is 1.70 bits per heavy atom. The number of hydrogen-bond acceptors (Lipinski definition) is 2. The molecule has 0 saturated heterocycles. The minimum Gasteiger partial charge on any atom is -0.369 e. The third-order valence-electron chi connectivity index (χ3n) is 2.75. The number of nitrogens with two attached hydrogens (primary N) is 1. The van der Waals surface area contributed by atoms with Gasteiger partial charge in [0.25, 0.3) is 0 Å². The number of para-hydroxylation sites is 1. The number of carbonyl (C=O) groups excluding carboxylic acids is 1. The number of primary amides is 1. The van der Waals surface area contributed by atoms with E-state index in [4.69, 9.17) is 5.73 Å². The number of nitrogens with one attached hydrogen (secondary N) is 1. The number of carbonyl (C=O) groups is 1. The monoisotopic (exact) mass is 340 g/mol. The Balaban J connectivity index is 2.43. The number of halogens is 3. The molecule has 0 aliphatic carbocycles. The Labute approximate surface area is 122 Å². The van der Waals surface area contributed by atoms with Crippen molar-refractivity contribution in [3.05, 3.63) is 64.1 Å². The SMILES string of the molecule is NC(=O)C(Nc1ccccc1Br)c1c(F)cccc1F. The fourth-order valence-electron chi connectivity index (χ4n) is 1.81. The van der Waals surface area contributed by atoms with Crippen LogP contribution in [0.15, 0.2) is 46.9 Å². The van der Waals surface area contributed by atoms with Gasteiger partial charge in [0.15, 0.2) is 0 Å². The Morgan fingerprint density at radius 1 is 1.10 bits per heavy atom. The largest absolute Gasteiger partial charge is 0.369 e. The first-order chi connectivity index (χ1) is 9.50. The van der Waals surface area contributed by atoms with Crippen molar-refractivity contribution in [2.45, 2.75) is 6.04 Å². The molecule has 2 aromatic rings. The van der Waals surface area contributed by atoms with Crippen molar-refractivity contribution in [2.24, 2.45) is 5.73 Å². The predicted molar refractivity (Wildman–Crippen MR) is 76.1 cm³/mol. The van der Waals surface area contributed by atoms with Crippen LogP contribution in [0.5, 0.6) is 0 Å². The summed E-state index contributed by atoms with van der Waals surface area (Å²) in [4.78, 5) is 11.5. The first-order valence-corrected chi connectivity index (χ1v) is 6.54. The van der Waals surface area contributed by atoms with Gasteiger partial charge >= 0.3 is 0 Å². The van der Waals surface area contributed by atoms with Crippen molar-refractivity contribution in [3.63, 3.8) is 0 Å². The van der Waals surface area contributed by atoms with Crippen molar-refractivity contribution in [1.29, 1.82) is 0 Å². The van der Waals surface area contributed by atoms with Crippen molar-refractivity contribution >= 4 is 27.5 Å². The maximum atomic E-state index is 13.8. The van der Waals surface area contributed by atoms with Crippen LogP contribution in [0.1, 0.15) is 11.6 Å². The van der Waals surface area contributed by atoms with Gasteiger partial charge in [-0.1, -0.05) is 18.2 Å². The summed E-state index contributed by atoms with van der Waals surface area (Å²) < 4.78 is 28.2. The maximum Gasteiger partial charge on any atom is 0.244 e. The van der Waals surface area contributed by atoms with Crippen molar-refractivity contribution in [1.82, 2.24) is 0 Å². The third kappa shape index (κ3) is 2.96. The highest BCUT2D eigenvalue weighted by Crippen LogP contribution is 2.28. The summed E-state index contributed by atoms with van der Waals surface area (Å²) in [5.74, 6) is -2.52. The van der Waals surface area contributed by atoms with Crippen LogP contribution in [0.25, 0.3) is 0 Å². The van der Waals surface area contributed by atoms with E-state index in [9.17, 15) is 13.6 Å². The zero-order valence-electron chi connectivity index (χ0n) is 10.2. The number of amides is 1. The molecule has 1 unspecified atom stereocenters. The highest BCUT2D eigenvalue weighted by molar-refractivity contribution is 9.10. The molecule has 0 radical (unpaired) electrons. The normalized spacial score (nSPS) is 11.9. The lowest BCUT2D eigenvalue weighted by Crippen LogP contribution is -2.29. The molecule has 0 saturated carbocycles. The van der Waals surface area contributed by atoms with Crippen molar-refractivity contribution < 1.29 is 13.6 Å². The van der Waals surface area contributed by atoms with Gasteiger partial charge in [-0.3, -0.25) is 4.79 Å². The van der Waals surface area contributed by atoms with Crippen LogP contribution < -0.4 is 11.1 Å². The van der Waals surface area contributed by atoms with E-state index in [1.54, 1.807) is 24.3 Å². The summed E-state index contributed by atoms with van der Waals surface area (Å²) in [7, 11) is 0. The van der Waals surface area contributed by atoms with Gasteiger partial charge in [-0.25, -0.2) is 8.78 Å². The van der Waals surface area contributed by atoms with E-state index in [2.05, 4.69) is 21.2 Å². The highest BCUT2D eigenvalue weighted by atomic mass is 79.9. The molecular weight excluding hydrogens is 330 g/mol. The molecule has 6 heteroatoms. The smallest absolute Gasteiger partial charge is 0.244 e. The molecule has 1 atom stereocenters. The molecule has 0 fully saturated rings. The lowest BCUT2D eigenvalue weighted by atomic mass is 10.0. The Bertz CT molecular complexity index is 629. The van der Waals surface area contributed by atoms with Crippen LogP contribution in [0.3, 0.4) is 0 Å². The summed E-state index contributed by atoms with van der Waals surface area (Å²) in [6.07, 6.45) is 0. The van der Waals surface area contributed by atoms with E-state index in [0.717, 1.165) is 12.1 Å². The highest BCUT2D eigenvalue weighted by Gasteiger charge is 2.25. The summed E-state index contributed by atoms with van der Waals surface area (Å²) in [5.41, 5.74) is 5.37. The third-order valence-corrected chi connectivity index (χ3v) is 3.44. The fourth-order valence-corrected chi connectivity index (χ4v) is 2.21. The average Bonchev–Trinajstić information content (AvgIpc) is 2.39. The Kier molecular flexibility index (Phi) is 4.34. The van der Waals surface area contributed by atoms with Crippen LogP contribution >= 0.6 is 15.9 Å². The van der Waals surface area contributed by atoms with Crippen molar-refractivity contribution in [2.75, 3.05) is 5.32 Å². The number of rotatable bonds is 4. The van der Waals surface area contributed by atoms with Gasteiger partial charge in [0.05, 0.1) is 5.56 Å². The quantitative estimate of drug-likeness (QED) is 0.896. The second-order valence-electron chi connectivity index (χ2n) is 4.09. The standard InChI is InChI=1S/C14H11BrF2N2O/c15-8-4-1-2-7-11(8)19-13(14(18)20)12-9(16)5-3-6-10(12)17/h1-7,13,19H,(H2,18,20). The molecule has 3 N–H and O–H groups in total. The van der Waals surface area contributed by atoms with E-state index in [-0.39, 0.29) is 0 Å². The molecule has 0 aromatic heterocycles. The van der Waals surface area contributed by atoms with Crippen LogP contribution in [-0.4, -0.2) is 5.91 Å². The molecule has 2 rings (SSSR count). The van der Waals surface area contributed by atoms with Gasteiger partial charge in [0, 0.05) is 10.2 Å². The molecule has 0 spiro atoms. The fraction of sp³-hybridized carbons (Fsp3) is 0.0714. The van der Waals surface area contributed by atoms with Crippen LogP contribution in [0, 0.1) is 11.6 Å². The van der Waals surface area contributed by atoms with Gasteiger partial charge < -0.3 is 11.1 Å². The summed E-state index contributed by atoms with van der Waals surface area (Å²) in [6, 6.07) is 8.99. The molecule has 0 aliphatic rings. The number of anilines is 1. The van der Waals surface area contributed by atoms with Crippen LogP contribution in [0.4, 0.5) is 14.5 Å². The Morgan fingerprint density at radius 3 is 2.25 bits per heavy atom. The van der Waals surface area contributed by atoms with Gasteiger partial charge in [-0.05, 0) is 40.2 Å². The molecule has 0 aliphatic heterocycles. The predicted octanol–water partition coefficient (Wildman–Crippen LogP) is 3.37. The first-order valence-electron chi connectivity index (χ1n) is 5.75. The van der Waals surface area contributed by atoms with E-state index in [0.29, 0.717) is 10.2 Å². The minimum atomic E-state index is -1.30. The molecule has 3 nitrogen and oxygen atoms in total. The molecule has 1 amide bonds. The summed E-state index contributed by atoms with van der Waals surface area (Å²) in [6.45, 7) is 0. The van der Waals surface area contributed by atoms with Gasteiger partial charge in [-0.2, -0.15) is 0 Å². The van der Waals surface area contributed by atoms with Gasteiger partial charge in [0.2, 0.25) is 5.91 Å². The summed E-state index contributed by atoms with van der Waals surface area (Å²) >= 11 is 3.28. The zero-order chi connectivity index (χ0) is 14.7. The molecule has 0 heterocycles. The molecule has 104 valence electrons. The second kappa shape index (κ2) is 6.00. The van der Waals surface area contributed by atoms with Crippen LogP contribution in [0.2, 0.25) is 0 Å². The van der Waals surface area contributed by atoms with Crippen molar-refractivity contribution in [3.8, 4) is 0 Å². The minimum absolute atomic E-state index is 0.393. The lowest BCUT2D eigenvalue weighted by Gasteiger charge is -2.19. The molecule has 2 aromatic carbocycles. The lowest BCUT2D eigenvalue weighted by molar-refractivity contribution is -0.119.